The summed E-state index contributed by atoms with van der Waals surface area (Å²) in [5, 5.41) is 2.66. The fraction of sp³-hybridized carbons (Fsp3) is 0.250. The van der Waals surface area contributed by atoms with E-state index in [1.165, 1.54) is 20.1 Å². The summed E-state index contributed by atoms with van der Waals surface area (Å²) in [5.41, 5.74) is 1.35. The predicted octanol–water partition coefficient (Wildman–Crippen LogP) is 2.32. The highest BCUT2D eigenvalue weighted by Gasteiger charge is 2.14. The van der Waals surface area contributed by atoms with Gasteiger partial charge in [-0.2, -0.15) is 4.72 Å². The van der Waals surface area contributed by atoms with E-state index in [4.69, 9.17) is 9.47 Å². The van der Waals surface area contributed by atoms with Crippen molar-refractivity contribution in [1.82, 2.24) is 4.72 Å². The van der Waals surface area contributed by atoms with E-state index >= 15 is 0 Å². The summed E-state index contributed by atoms with van der Waals surface area (Å²) in [6.07, 6.45) is 0. The first-order valence-electron chi connectivity index (χ1n) is 8.42. The maximum atomic E-state index is 12.3. The van der Waals surface area contributed by atoms with Gasteiger partial charge in [0.1, 0.15) is 18.1 Å². The zero-order valence-electron chi connectivity index (χ0n) is 15.9. The van der Waals surface area contributed by atoms with Crippen molar-refractivity contribution in [2.75, 3.05) is 25.6 Å². The summed E-state index contributed by atoms with van der Waals surface area (Å²) in [5.74, 6) is 6.45. The van der Waals surface area contributed by atoms with Crippen LogP contribution in [0.4, 0.5) is 5.69 Å². The number of ether oxygens (including phenoxy) is 2. The highest BCUT2D eigenvalue weighted by Crippen LogP contribution is 2.21. The molecule has 0 aromatic heterocycles. The minimum absolute atomic E-state index is 0.0390. The van der Waals surface area contributed by atoms with Crippen molar-refractivity contribution in [3.63, 3.8) is 0 Å². The highest BCUT2D eigenvalue weighted by molar-refractivity contribution is 7.89. The molecule has 0 aliphatic rings. The molecule has 2 N–H and O–H groups in total. The van der Waals surface area contributed by atoms with Crippen molar-refractivity contribution in [3.05, 3.63) is 48.0 Å². The molecule has 0 atom stereocenters. The van der Waals surface area contributed by atoms with E-state index in [1.54, 1.807) is 43.3 Å². The van der Waals surface area contributed by atoms with Crippen molar-refractivity contribution in [2.45, 2.75) is 18.7 Å². The minimum atomic E-state index is -3.65. The lowest BCUT2D eigenvalue weighted by atomic mass is 10.2. The molecule has 0 saturated heterocycles. The number of sulfonamides is 1. The second-order valence-electron chi connectivity index (χ2n) is 5.81. The Balaban J connectivity index is 1.86. The maximum absolute atomic E-state index is 12.3. The van der Waals surface area contributed by atoms with Gasteiger partial charge in [-0.05, 0) is 42.8 Å². The Hall–Kier alpha value is -3.02. The third-order valence-corrected chi connectivity index (χ3v) is 5.02. The lowest BCUT2D eigenvalue weighted by molar-refractivity contribution is -0.114. The van der Waals surface area contributed by atoms with Gasteiger partial charge >= 0.3 is 0 Å². The van der Waals surface area contributed by atoms with Crippen LogP contribution in [0.1, 0.15) is 12.5 Å². The standard InChI is InChI=1S/C20H22N2O5S/c1-15-13-19(9-10-20(15)26-3)28(24,25)21-11-4-5-12-27-18-8-6-7-17(14-18)22-16(2)23/h6-10,13-14,21H,11-12H2,1-3H3,(H,22,23). The van der Waals surface area contributed by atoms with Gasteiger partial charge in [-0.1, -0.05) is 17.9 Å². The van der Waals surface area contributed by atoms with E-state index in [2.05, 4.69) is 21.9 Å². The average Bonchev–Trinajstić information content (AvgIpc) is 2.64. The number of hydrogen-bond donors (Lipinski definition) is 2. The Bertz CT molecular complexity index is 1010. The van der Waals surface area contributed by atoms with Crippen LogP contribution in [0.15, 0.2) is 47.4 Å². The molecule has 148 valence electrons. The van der Waals surface area contributed by atoms with Crippen LogP contribution >= 0.6 is 0 Å². The molecule has 0 radical (unpaired) electrons. The molecule has 0 heterocycles. The molecule has 0 bridgehead atoms. The molecular formula is C20H22N2O5S. The Morgan fingerprint density at radius 3 is 2.61 bits per heavy atom. The first kappa shape index (κ1) is 21.3. The molecule has 7 nitrogen and oxygen atoms in total. The number of aryl methyl sites for hydroxylation is 1. The normalized spacial score (nSPS) is 10.5. The number of anilines is 1. The zero-order valence-corrected chi connectivity index (χ0v) is 16.7. The number of carbonyl (C=O) groups excluding carboxylic acids is 1. The molecular weight excluding hydrogens is 380 g/mol. The van der Waals surface area contributed by atoms with Crippen LogP contribution in [0.25, 0.3) is 0 Å². The second kappa shape index (κ2) is 9.78. The van der Waals surface area contributed by atoms with E-state index in [1.807, 2.05) is 0 Å². The number of nitrogens with one attached hydrogen (secondary N) is 2. The van der Waals surface area contributed by atoms with Gasteiger partial charge in [0.15, 0.2) is 0 Å². The lowest BCUT2D eigenvalue weighted by Crippen LogP contribution is -2.24. The van der Waals surface area contributed by atoms with Gasteiger partial charge in [0.05, 0.1) is 18.6 Å². The quantitative estimate of drug-likeness (QED) is 0.694. The van der Waals surface area contributed by atoms with E-state index in [9.17, 15) is 13.2 Å². The Kier molecular flexibility index (Phi) is 7.44. The smallest absolute Gasteiger partial charge is 0.241 e. The number of benzene rings is 2. The molecule has 1 amide bonds. The van der Waals surface area contributed by atoms with E-state index < -0.39 is 10.0 Å². The van der Waals surface area contributed by atoms with Crippen LogP contribution in [0.2, 0.25) is 0 Å². The van der Waals surface area contributed by atoms with Gasteiger partial charge in [0.25, 0.3) is 0 Å². The number of carbonyl (C=O) groups is 1. The summed E-state index contributed by atoms with van der Waals surface area (Å²) < 4.78 is 37.6. The van der Waals surface area contributed by atoms with Gasteiger partial charge in [-0.3, -0.25) is 4.79 Å². The zero-order chi connectivity index (χ0) is 20.6. The molecule has 8 heteroatoms. The monoisotopic (exact) mass is 402 g/mol. The molecule has 2 rings (SSSR count). The third kappa shape index (κ3) is 6.30. The summed E-state index contributed by atoms with van der Waals surface area (Å²) in [6, 6.07) is 11.5. The predicted molar refractivity (Wildman–Crippen MR) is 107 cm³/mol. The van der Waals surface area contributed by atoms with Gasteiger partial charge in [0, 0.05) is 18.7 Å². The topological polar surface area (TPSA) is 93.7 Å². The first-order chi connectivity index (χ1) is 13.3. The van der Waals surface area contributed by atoms with Crippen molar-refractivity contribution < 1.29 is 22.7 Å². The molecule has 2 aromatic rings. The molecule has 2 aromatic carbocycles. The highest BCUT2D eigenvalue weighted by atomic mass is 32.2. The van der Waals surface area contributed by atoms with Crippen molar-refractivity contribution in [3.8, 4) is 23.3 Å². The lowest BCUT2D eigenvalue weighted by Gasteiger charge is -2.08. The number of hydrogen-bond acceptors (Lipinski definition) is 5. The number of amides is 1. The first-order valence-corrected chi connectivity index (χ1v) is 9.90. The largest absolute Gasteiger partial charge is 0.496 e. The molecule has 28 heavy (non-hydrogen) atoms. The van der Waals surface area contributed by atoms with Gasteiger partial charge < -0.3 is 14.8 Å². The average molecular weight is 402 g/mol. The molecule has 0 spiro atoms. The Morgan fingerprint density at radius 2 is 1.93 bits per heavy atom. The van der Waals surface area contributed by atoms with Crippen molar-refractivity contribution in [2.24, 2.45) is 0 Å². The van der Waals surface area contributed by atoms with Gasteiger partial charge in [-0.15, -0.1) is 0 Å². The molecule has 0 aliphatic heterocycles. The summed E-state index contributed by atoms with van der Waals surface area (Å²) in [6.45, 7) is 3.25. The van der Waals surface area contributed by atoms with Crippen LogP contribution < -0.4 is 19.5 Å². The van der Waals surface area contributed by atoms with Crippen LogP contribution in [0.3, 0.4) is 0 Å². The fourth-order valence-electron chi connectivity index (χ4n) is 2.33. The van der Waals surface area contributed by atoms with E-state index in [0.717, 1.165) is 5.56 Å². The van der Waals surface area contributed by atoms with Crippen LogP contribution in [-0.4, -0.2) is 34.6 Å². The fourth-order valence-corrected chi connectivity index (χ4v) is 3.34. The van der Waals surface area contributed by atoms with Crippen LogP contribution in [0, 0.1) is 18.8 Å². The molecule has 0 fully saturated rings. The number of methoxy groups -OCH3 is 1. The van der Waals surface area contributed by atoms with Crippen LogP contribution in [0.5, 0.6) is 11.5 Å². The SMILES string of the molecule is COc1ccc(S(=O)(=O)NCC#CCOc2cccc(NC(C)=O)c2)cc1C. The van der Waals surface area contributed by atoms with Crippen molar-refractivity contribution in [1.29, 1.82) is 0 Å². The van der Waals surface area contributed by atoms with E-state index in [0.29, 0.717) is 17.2 Å². The van der Waals surface area contributed by atoms with Crippen molar-refractivity contribution >= 4 is 21.6 Å². The minimum Gasteiger partial charge on any atom is -0.496 e. The summed E-state index contributed by atoms with van der Waals surface area (Å²) in [4.78, 5) is 11.2. The summed E-state index contributed by atoms with van der Waals surface area (Å²) in [7, 11) is -2.12. The molecule has 0 aliphatic carbocycles. The third-order valence-electron chi connectivity index (χ3n) is 3.62. The van der Waals surface area contributed by atoms with E-state index in [-0.39, 0.29) is 24.0 Å². The summed E-state index contributed by atoms with van der Waals surface area (Å²) >= 11 is 0. The number of rotatable bonds is 7. The van der Waals surface area contributed by atoms with Gasteiger partial charge in [0.2, 0.25) is 15.9 Å². The second-order valence-corrected chi connectivity index (χ2v) is 7.57. The molecule has 0 saturated carbocycles. The van der Waals surface area contributed by atoms with Crippen LogP contribution in [-0.2, 0) is 14.8 Å². The Morgan fingerprint density at radius 1 is 1.14 bits per heavy atom. The Labute approximate surface area is 165 Å². The molecule has 0 unspecified atom stereocenters. The maximum Gasteiger partial charge on any atom is 0.241 e. The van der Waals surface area contributed by atoms with Gasteiger partial charge in [-0.25, -0.2) is 8.42 Å².